The van der Waals surface area contributed by atoms with E-state index in [1.54, 1.807) is 36.4 Å². The fraction of sp³-hybridized carbons (Fsp3) is 0. The van der Waals surface area contributed by atoms with Crippen LogP contribution in [0.15, 0.2) is 91.0 Å². The Bertz CT molecular complexity index is 622. The van der Waals surface area contributed by atoms with E-state index in [0.29, 0.717) is 15.9 Å². The molecule has 3 aromatic carbocycles. The first-order chi connectivity index (χ1) is 10.1. The first-order valence-electron chi connectivity index (χ1n) is 6.80. The summed E-state index contributed by atoms with van der Waals surface area (Å²) < 4.78 is 0. The summed E-state index contributed by atoms with van der Waals surface area (Å²) in [6.45, 7) is 0. The molecule has 0 aliphatic carbocycles. The molecule has 0 fully saturated rings. The van der Waals surface area contributed by atoms with Gasteiger partial charge in [0.2, 0.25) is 0 Å². The number of hydrogen-bond acceptors (Lipinski definition) is 2. The standard InChI is InChI=1S/C18H17O2P/c19-21(20,16-10-4-1-5-11-16,17-12-6-2-7-13-17)18-14-8-3-9-15-18/h1-15,19-20H. The number of benzene rings is 3. The molecule has 2 N–H and O–H groups in total. The van der Waals surface area contributed by atoms with Crippen molar-refractivity contribution in [2.24, 2.45) is 0 Å². The first kappa shape index (κ1) is 14.0. The van der Waals surface area contributed by atoms with Crippen LogP contribution in [0.4, 0.5) is 0 Å². The zero-order valence-corrected chi connectivity index (χ0v) is 12.4. The molecule has 0 aliphatic rings. The van der Waals surface area contributed by atoms with Crippen LogP contribution in [-0.4, -0.2) is 9.79 Å². The zero-order valence-electron chi connectivity index (χ0n) is 11.5. The molecule has 3 rings (SSSR count). The number of hydrogen-bond donors (Lipinski definition) is 2. The van der Waals surface area contributed by atoms with Gasteiger partial charge in [0.05, 0.1) is 0 Å². The van der Waals surface area contributed by atoms with Gasteiger partial charge in [-0.15, -0.1) is 0 Å². The summed E-state index contributed by atoms with van der Waals surface area (Å²) in [7, 11) is -4.37. The molecule has 0 bridgehead atoms. The molecule has 0 atom stereocenters. The summed E-state index contributed by atoms with van der Waals surface area (Å²) >= 11 is 0. The van der Waals surface area contributed by atoms with Crippen LogP contribution in [-0.2, 0) is 0 Å². The Morgan fingerprint density at radius 2 is 0.667 bits per heavy atom. The predicted octanol–water partition coefficient (Wildman–Crippen LogP) is 2.33. The van der Waals surface area contributed by atoms with Crippen molar-refractivity contribution < 1.29 is 9.79 Å². The Morgan fingerprint density at radius 1 is 0.429 bits per heavy atom. The third-order valence-electron chi connectivity index (χ3n) is 3.74. The van der Waals surface area contributed by atoms with Crippen LogP contribution >= 0.6 is 7.06 Å². The summed E-state index contributed by atoms with van der Waals surface area (Å²) in [6.07, 6.45) is 0. The van der Waals surface area contributed by atoms with Crippen molar-refractivity contribution in [3.8, 4) is 0 Å². The molecule has 0 aliphatic heterocycles. The Morgan fingerprint density at radius 3 is 0.905 bits per heavy atom. The maximum absolute atomic E-state index is 11.6. The summed E-state index contributed by atoms with van der Waals surface area (Å²) in [5.41, 5.74) is 0. The van der Waals surface area contributed by atoms with Crippen LogP contribution in [0.2, 0.25) is 0 Å². The minimum absolute atomic E-state index is 0.542. The molecule has 0 aromatic heterocycles. The van der Waals surface area contributed by atoms with E-state index >= 15 is 0 Å². The van der Waals surface area contributed by atoms with Crippen molar-refractivity contribution in [1.82, 2.24) is 0 Å². The summed E-state index contributed by atoms with van der Waals surface area (Å²) in [6, 6.07) is 27.2. The maximum atomic E-state index is 11.6. The second kappa shape index (κ2) is 5.09. The monoisotopic (exact) mass is 296 g/mol. The van der Waals surface area contributed by atoms with Gasteiger partial charge in [-0.1, -0.05) is 0 Å². The third kappa shape index (κ3) is 2.18. The van der Waals surface area contributed by atoms with Crippen molar-refractivity contribution in [3.05, 3.63) is 91.0 Å². The van der Waals surface area contributed by atoms with Crippen molar-refractivity contribution >= 4 is 23.0 Å². The van der Waals surface area contributed by atoms with Gasteiger partial charge in [-0.3, -0.25) is 0 Å². The third-order valence-corrected chi connectivity index (χ3v) is 7.57. The molecule has 0 radical (unpaired) electrons. The van der Waals surface area contributed by atoms with E-state index in [-0.39, 0.29) is 0 Å². The molecule has 3 aromatic rings. The normalized spacial score (nSPS) is 13.3. The van der Waals surface area contributed by atoms with Gasteiger partial charge in [0.1, 0.15) is 0 Å². The van der Waals surface area contributed by atoms with Crippen molar-refractivity contribution in [2.75, 3.05) is 0 Å². The molecule has 0 saturated carbocycles. The Hall–Kier alpha value is -1.99. The molecule has 0 amide bonds. The molecule has 0 spiro atoms. The van der Waals surface area contributed by atoms with Gasteiger partial charge in [0.25, 0.3) is 0 Å². The van der Waals surface area contributed by atoms with Crippen LogP contribution in [0.5, 0.6) is 0 Å². The molecule has 21 heavy (non-hydrogen) atoms. The fourth-order valence-electron chi connectivity index (χ4n) is 2.58. The van der Waals surface area contributed by atoms with Gasteiger partial charge in [-0.25, -0.2) is 0 Å². The van der Waals surface area contributed by atoms with E-state index in [0.717, 1.165) is 0 Å². The average molecular weight is 296 g/mol. The van der Waals surface area contributed by atoms with E-state index < -0.39 is 7.06 Å². The van der Waals surface area contributed by atoms with Crippen LogP contribution in [0.3, 0.4) is 0 Å². The van der Waals surface area contributed by atoms with E-state index in [1.165, 1.54) is 0 Å². The average Bonchev–Trinajstić information content (AvgIpc) is 2.57. The summed E-state index contributed by atoms with van der Waals surface area (Å²) in [5, 5.41) is 1.63. The molecule has 0 heterocycles. The van der Waals surface area contributed by atoms with E-state index in [4.69, 9.17) is 0 Å². The Kier molecular flexibility index (Phi) is 3.38. The van der Waals surface area contributed by atoms with Crippen molar-refractivity contribution in [2.45, 2.75) is 0 Å². The Labute approximate surface area is 124 Å². The van der Waals surface area contributed by atoms with Gasteiger partial charge in [0, 0.05) is 0 Å². The molecule has 0 unspecified atom stereocenters. The minimum atomic E-state index is -4.37. The summed E-state index contributed by atoms with van der Waals surface area (Å²) in [5.74, 6) is 0. The van der Waals surface area contributed by atoms with Crippen molar-refractivity contribution in [3.63, 3.8) is 0 Å². The predicted molar refractivity (Wildman–Crippen MR) is 89.6 cm³/mol. The van der Waals surface area contributed by atoms with Crippen LogP contribution in [0.25, 0.3) is 0 Å². The first-order valence-corrected chi connectivity index (χ1v) is 8.94. The fourth-order valence-corrected chi connectivity index (χ4v) is 5.68. The van der Waals surface area contributed by atoms with Crippen LogP contribution in [0.1, 0.15) is 0 Å². The van der Waals surface area contributed by atoms with Crippen LogP contribution < -0.4 is 15.9 Å². The van der Waals surface area contributed by atoms with Crippen LogP contribution in [0, 0.1) is 0 Å². The van der Waals surface area contributed by atoms with E-state index in [2.05, 4.69) is 0 Å². The van der Waals surface area contributed by atoms with Gasteiger partial charge in [0.15, 0.2) is 0 Å². The van der Waals surface area contributed by atoms with Gasteiger partial charge in [-0.2, -0.15) is 0 Å². The van der Waals surface area contributed by atoms with Gasteiger partial charge < -0.3 is 0 Å². The molecule has 3 heteroatoms. The van der Waals surface area contributed by atoms with E-state index in [1.807, 2.05) is 54.6 Å². The summed E-state index contributed by atoms with van der Waals surface area (Å²) in [4.78, 5) is 23.2. The molecular formula is C18H17O2P. The number of rotatable bonds is 3. The van der Waals surface area contributed by atoms with Crippen molar-refractivity contribution in [1.29, 1.82) is 0 Å². The van der Waals surface area contributed by atoms with Gasteiger partial charge >= 0.3 is 124 Å². The van der Waals surface area contributed by atoms with Gasteiger partial charge in [-0.05, 0) is 0 Å². The zero-order chi connectivity index (χ0) is 14.8. The topological polar surface area (TPSA) is 40.5 Å². The quantitative estimate of drug-likeness (QED) is 0.728. The molecular weight excluding hydrogens is 279 g/mol. The molecule has 106 valence electrons. The molecule has 2 nitrogen and oxygen atoms in total. The Balaban J connectivity index is 2.36. The SMILES string of the molecule is OP(O)(c1ccccc1)(c1ccccc1)c1ccccc1. The second-order valence-electron chi connectivity index (χ2n) is 5.03. The second-order valence-corrected chi connectivity index (χ2v) is 8.63. The molecule has 0 saturated heterocycles. The van der Waals surface area contributed by atoms with E-state index in [9.17, 15) is 9.79 Å².